The van der Waals surface area contributed by atoms with Gasteiger partial charge < -0.3 is 10.3 Å². The third kappa shape index (κ3) is 3.64. The minimum atomic E-state index is -0.00193. The molecule has 0 aliphatic carbocycles. The highest BCUT2D eigenvalue weighted by molar-refractivity contribution is 5.77. The molecule has 0 aliphatic rings. The number of H-pyrrole nitrogens is 1. The number of nitrogens with zero attached hydrogens (tertiary/aromatic N) is 3. The molecule has 0 bridgehead atoms. The second-order valence-corrected chi connectivity index (χ2v) is 6.11. The normalized spacial score (nSPS) is 10.9. The van der Waals surface area contributed by atoms with Crippen molar-refractivity contribution >= 4 is 16.9 Å². The Labute approximate surface area is 150 Å². The number of nitrogens with one attached hydrogen (secondary N) is 2. The van der Waals surface area contributed by atoms with Crippen LogP contribution in [0.1, 0.15) is 17.8 Å². The van der Waals surface area contributed by atoms with Crippen LogP contribution in [-0.2, 0) is 17.8 Å². The van der Waals surface area contributed by atoms with E-state index in [1.54, 1.807) is 10.9 Å². The fourth-order valence-corrected chi connectivity index (χ4v) is 2.82. The summed E-state index contributed by atoms with van der Waals surface area (Å²) in [5, 5.41) is 7.27. The van der Waals surface area contributed by atoms with Gasteiger partial charge >= 0.3 is 0 Å². The summed E-state index contributed by atoms with van der Waals surface area (Å²) in [5.41, 5.74) is 3.88. The van der Waals surface area contributed by atoms with E-state index >= 15 is 0 Å². The summed E-state index contributed by atoms with van der Waals surface area (Å²) in [6.07, 6.45) is 4.68. The van der Waals surface area contributed by atoms with Crippen LogP contribution in [0.2, 0.25) is 0 Å². The molecule has 2 aromatic heterocycles. The van der Waals surface area contributed by atoms with Crippen LogP contribution in [-0.4, -0.2) is 25.7 Å². The Kier molecular flexibility index (Phi) is 4.47. The quantitative estimate of drug-likeness (QED) is 0.564. The summed E-state index contributed by atoms with van der Waals surface area (Å²) in [6.45, 7) is 0.464. The number of carbonyl (C=O) groups is 1. The zero-order valence-electron chi connectivity index (χ0n) is 14.2. The molecule has 6 nitrogen and oxygen atoms in total. The van der Waals surface area contributed by atoms with Crippen LogP contribution in [0.15, 0.2) is 67.0 Å². The number of aromatic nitrogens is 4. The topological polar surface area (TPSA) is 75.6 Å². The van der Waals surface area contributed by atoms with Crippen LogP contribution in [0, 0.1) is 0 Å². The van der Waals surface area contributed by atoms with Gasteiger partial charge in [0.15, 0.2) is 0 Å². The van der Waals surface area contributed by atoms with Crippen molar-refractivity contribution in [1.82, 2.24) is 25.1 Å². The molecule has 0 aliphatic heterocycles. The van der Waals surface area contributed by atoms with Gasteiger partial charge in [0.1, 0.15) is 5.82 Å². The zero-order valence-corrected chi connectivity index (χ0v) is 14.2. The van der Waals surface area contributed by atoms with Gasteiger partial charge in [-0.25, -0.2) is 9.67 Å². The lowest BCUT2D eigenvalue weighted by Gasteiger charge is -2.02. The van der Waals surface area contributed by atoms with Gasteiger partial charge in [-0.05, 0) is 24.3 Å². The van der Waals surface area contributed by atoms with Gasteiger partial charge in [-0.1, -0.05) is 30.3 Å². The monoisotopic (exact) mass is 345 g/mol. The molecule has 4 aromatic rings. The summed E-state index contributed by atoms with van der Waals surface area (Å²) in [6, 6.07) is 17.7. The van der Waals surface area contributed by atoms with Gasteiger partial charge in [0.2, 0.25) is 5.91 Å². The van der Waals surface area contributed by atoms with Crippen LogP contribution >= 0.6 is 0 Å². The Bertz CT molecular complexity index is 986. The molecule has 2 heterocycles. The average Bonchev–Trinajstić information content (AvgIpc) is 3.32. The number of rotatable bonds is 6. The molecule has 26 heavy (non-hydrogen) atoms. The van der Waals surface area contributed by atoms with E-state index in [9.17, 15) is 4.79 Å². The fraction of sp³-hybridized carbons (Fsp3) is 0.150. The van der Waals surface area contributed by atoms with Crippen molar-refractivity contribution in [2.45, 2.75) is 19.4 Å². The molecule has 2 N–H and O–H groups in total. The number of imidazole rings is 1. The maximum absolute atomic E-state index is 12.1. The van der Waals surface area contributed by atoms with Crippen molar-refractivity contribution < 1.29 is 4.79 Å². The Hall–Kier alpha value is -3.41. The summed E-state index contributed by atoms with van der Waals surface area (Å²) in [5.74, 6) is 0.830. The second kappa shape index (κ2) is 7.23. The number of amides is 1. The molecule has 0 saturated heterocycles. The van der Waals surface area contributed by atoms with E-state index < -0.39 is 0 Å². The maximum Gasteiger partial charge on any atom is 0.220 e. The first-order chi connectivity index (χ1) is 12.8. The number of hydrogen-bond donors (Lipinski definition) is 2. The molecular formula is C20H19N5O. The molecule has 0 saturated carbocycles. The van der Waals surface area contributed by atoms with E-state index in [4.69, 9.17) is 0 Å². The highest BCUT2D eigenvalue weighted by Gasteiger charge is 2.07. The highest BCUT2D eigenvalue weighted by atomic mass is 16.1. The molecule has 4 rings (SSSR count). The van der Waals surface area contributed by atoms with Gasteiger partial charge in [0.05, 0.1) is 22.9 Å². The van der Waals surface area contributed by atoms with E-state index in [2.05, 4.69) is 20.4 Å². The number of carbonyl (C=O) groups excluding carboxylic acids is 1. The van der Waals surface area contributed by atoms with Crippen molar-refractivity contribution in [3.63, 3.8) is 0 Å². The number of aromatic amines is 1. The zero-order chi connectivity index (χ0) is 17.8. The summed E-state index contributed by atoms with van der Waals surface area (Å²) in [7, 11) is 0. The Morgan fingerprint density at radius 1 is 1.08 bits per heavy atom. The average molecular weight is 345 g/mol. The van der Waals surface area contributed by atoms with Crippen molar-refractivity contribution in [2.24, 2.45) is 0 Å². The van der Waals surface area contributed by atoms with Gasteiger partial charge in [-0.15, -0.1) is 0 Å². The SMILES string of the molecule is O=C(CCc1nc2ccccc2[nH]1)NCc1cnn(-c2ccccc2)c1. The molecule has 0 spiro atoms. The molecule has 0 fully saturated rings. The number of aryl methyl sites for hydroxylation is 1. The third-order valence-electron chi connectivity index (χ3n) is 4.17. The maximum atomic E-state index is 12.1. The van der Waals surface area contributed by atoms with Gasteiger partial charge in [0, 0.05) is 31.1 Å². The molecule has 2 aromatic carbocycles. The largest absolute Gasteiger partial charge is 0.352 e. The van der Waals surface area contributed by atoms with E-state index in [-0.39, 0.29) is 5.91 Å². The predicted octanol–water partition coefficient (Wildman–Crippen LogP) is 3.00. The number of benzene rings is 2. The molecule has 0 atom stereocenters. The van der Waals surface area contributed by atoms with Crippen LogP contribution in [0.25, 0.3) is 16.7 Å². The summed E-state index contributed by atoms with van der Waals surface area (Å²) < 4.78 is 1.80. The van der Waals surface area contributed by atoms with Gasteiger partial charge in [0.25, 0.3) is 0 Å². The first-order valence-corrected chi connectivity index (χ1v) is 8.57. The first-order valence-electron chi connectivity index (χ1n) is 8.57. The first kappa shape index (κ1) is 16.1. The van der Waals surface area contributed by atoms with Crippen LogP contribution < -0.4 is 5.32 Å². The van der Waals surface area contributed by atoms with E-state index in [0.717, 1.165) is 28.1 Å². The smallest absolute Gasteiger partial charge is 0.220 e. The van der Waals surface area contributed by atoms with E-state index in [0.29, 0.717) is 19.4 Å². The molecule has 1 amide bonds. The molecule has 0 radical (unpaired) electrons. The standard InChI is InChI=1S/C20H19N5O/c26-20(11-10-19-23-17-8-4-5-9-18(17)24-19)21-12-15-13-22-25(14-15)16-6-2-1-3-7-16/h1-9,13-14H,10-12H2,(H,21,26)(H,23,24). The highest BCUT2D eigenvalue weighted by Crippen LogP contribution is 2.11. The van der Waals surface area contributed by atoms with Gasteiger partial charge in [-0.2, -0.15) is 5.10 Å². The second-order valence-electron chi connectivity index (χ2n) is 6.11. The molecular weight excluding hydrogens is 326 g/mol. The Morgan fingerprint density at radius 3 is 2.73 bits per heavy atom. The van der Waals surface area contributed by atoms with Crippen molar-refractivity contribution in [1.29, 1.82) is 0 Å². The Balaban J connectivity index is 1.29. The summed E-state index contributed by atoms with van der Waals surface area (Å²) >= 11 is 0. The number of fused-ring (bicyclic) bond motifs is 1. The van der Waals surface area contributed by atoms with Crippen LogP contribution in [0.5, 0.6) is 0 Å². The minimum absolute atomic E-state index is 0.00193. The van der Waals surface area contributed by atoms with Crippen molar-refractivity contribution in [3.8, 4) is 5.69 Å². The summed E-state index contributed by atoms with van der Waals surface area (Å²) in [4.78, 5) is 19.8. The number of para-hydroxylation sites is 3. The van der Waals surface area contributed by atoms with E-state index in [1.807, 2.05) is 60.8 Å². The van der Waals surface area contributed by atoms with Crippen LogP contribution in [0.4, 0.5) is 0 Å². The third-order valence-corrected chi connectivity index (χ3v) is 4.17. The van der Waals surface area contributed by atoms with E-state index in [1.165, 1.54) is 0 Å². The lowest BCUT2D eigenvalue weighted by Crippen LogP contribution is -2.22. The van der Waals surface area contributed by atoms with Crippen molar-refractivity contribution in [3.05, 3.63) is 78.4 Å². The fourth-order valence-electron chi connectivity index (χ4n) is 2.82. The molecule has 6 heteroatoms. The van der Waals surface area contributed by atoms with Crippen LogP contribution in [0.3, 0.4) is 0 Å². The Morgan fingerprint density at radius 2 is 1.88 bits per heavy atom. The molecule has 0 unspecified atom stereocenters. The van der Waals surface area contributed by atoms with Gasteiger partial charge in [-0.3, -0.25) is 4.79 Å². The predicted molar refractivity (Wildman–Crippen MR) is 99.8 cm³/mol. The van der Waals surface area contributed by atoms with Crippen molar-refractivity contribution in [2.75, 3.05) is 0 Å². The molecule has 130 valence electrons. The minimum Gasteiger partial charge on any atom is -0.352 e. The lowest BCUT2D eigenvalue weighted by atomic mass is 10.2. The lowest BCUT2D eigenvalue weighted by molar-refractivity contribution is -0.121. The number of hydrogen-bond acceptors (Lipinski definition) is 3.